The molecule has 1 rings (SSSR count). The van der Waals surface area contributed by atoms with Gasteiger partial charge in [-0.1, -0.05) is 0 Å². The number of carbonyl (C=O) groups excluding carboxylic acids is 1. The van der Waals surface area contributed by atoms with Gasteiger partial charge < -0.3 is 19.9 Å². The van der Waals surface area contributed by atoms with Crippen LogP contribution in [0.15, 0.2) is 18.2 Å². The molecule has 94 valence electrons. The number of nitrogen functional groups attached to an aromatic ring is 1. The highest BCUT2D eigenvalue weighted by atomic mass is 16.6. The third-order valence-electron chi connectivity index (χ3n) is 2.07. The summed E-state index contributed by atoms with van der Waals surface area (Å²) in [5.41, 5.74) is 6.57. The van der Waals surface area contributed by atoms with Gasteiger partial charge in [-0.05, 0) is 25.1 Å². The Morgan fingerprint density at radius 2 is 2.12 bits per heavy atom. The van der Waals surface area contributed by atoms with Crippen LogP contribution in [0, 0.1) is 0 Å². The van der Waals surface area contributed by atoms with Gasteiger partial charge in [-0.25, -0.2) is 4.79 Å². The predicted molar refractivity (Wildman–Crippen MR) is 64.2 cm³/mol. The highest BCUT2D eigenvalue weighted by Gasteiger charge is 2.09. The molecule has 0 saturated carbocycles. The lowest BCUT2D eigenvalue weighted by Gasteiger charge is -2.08. The van der Waals surface area contributed by atoms with Gasteiger partial charge in [0, 0.05) is 7.11 Å². The van der Waals surface area contributed by atoms with Crippen LogP contribution >= 0.6 is 0 Å². The van der Waals surface area contributed by atoms with Crippen molar-refractivity contribution < 1.29 is 19.0 Å². The molecule has 0 aliphatic heterocycles. The molecule has 0 saturated heterocycles. The van der Waals surface area contributed by atoms with Crippen LogP contribution in [0.3, 0.4) is 0 Å². The fourth-order valence-electron chi connectivity index (χ4n) is 1.26. The number of rotatable bonds is 6. The SMILES string of the molecule is CCOc1ccc(C(=O)OCCOC)cc1N. The maximum atomic E-state index is 11.6. The van der Waals surface area contributed by atoms with Gasteiger partial charge in [-0.15, -0.1) is 0 Å². The summed E-state index contributed by atoms with van der Waals surface area (Å²) < 4.78 is 15.0. The fourth-order valence-corrected chi connectivity index (χ4v) is 1.26. The number of hydrogen-bond acceptors (Lipinski definition) is 5. The van der Waals surface area contributed by atoms with Crippen LogP contribution in [0.1, 0.15) is 17.3 Å². The van der Waals surface area contributed by atoms with Crippen molar-refractivity contribution in [3.8, 4) is 5.75 Å². The summed E-state index contributed by atoms with van der Waals surface area (Å²) in [5, 5.41) is 0. The summed E-state index contributed by atoms with van der Waals surface area (Å²) in [6, 6.07) is 4.82. The quantitative estimate of drug-likeness (QED) is 0.462. The van der Waals surface area contributed by atoms with Crippen molar-refractivity contribution >= 4 is 11.7 Å². The molecule has 17 heavy (non-hydrogen) atoms. The first-order valence-electron chi connectivity index (χ1n) is 5.37. The van der Waals surface area contributed by atoms with Crippen molar-refractivity contribution in [2.24, 2.45) is 0 Å². The van der Waals surface area contributed by atoms with E-state index in [4.69, 9.17) is 19.9 Å². The Morgan fingerprint density at radius 3 is 2.71 bits per heavy atom. The molecule has 0 aliphatic carbocycles. The topological polar surface area (TPSA) is 70.8 Å². The van der Waals surface area contributed by atoms with E-state index < -0.39 is 5.97 Å². The lowest BCUT2D eigenvalue weighted by Crippen LogP contribution is -2.10. The Kier molecular flexibility index (Phi) is 5.29. The third-order valence-corrected chi connectivity index (χ3v) is 2.07. The van der Waals surface area contributed by atoms with Crippen molar-refractivity contribution in [2.75, 3.05) is 32.7 Å². The van der Waals surface area contributed by atoms with Crippen molar-refractivity contribution in [1.82, 2.24) is 0 Å². The molecule has 5 heteroatoms. The van der Waals surface area contributed by atoms with Gasteiger partial charge in [-0.3, -0.25) is 0 Å². The number of nitrogens with two attached hydrogens (primary N) is 1. The molecule has 0 spiro atoms. The summed E-state index contributed by atoms with van der Waals surface area (Å²) in [5.74, 6) is 0.151. The van der Waals surface area contributed by atoms with E-state index >= 15 is 0 Å². The maximum absolute atomic E-state index is 11.6. The monoisotopic (exact) mass is 239 g/mol. The molecule has 0 radical (unpaired) electrons. The predicted octanol–water partition coefficient (Wildman–Crippen LogP) is 1.47. The average Bonchev–Trinajstić information content (AvgIpc) is 2.32. The highest BCUT2D eigenvalue weighted by molar-refractivity contribution is 5.91. The second-order valence-electron chi connectivity index (χ2n) is 3.31. The molecule has 0 aromatic heterocycles. The second-order valence-corrected chi connectivity index (χ2v) is 3.31. The van der Waals surface area contributed by atoms with Crippen molar-refractivity contribution in [3.63, 3.8) is 0 Å². The third kappa shape index (κ3) is 3.96. The van der Waals surface area contributed by atoms with Crippen molar-refractivity contribution in [1.29, 1.82) is 0 Å². The summed E-state index contributed by atoms with van der Waals surface area (Å²) >= 11 is 0. The zero-order chi connectivity index (χ0) is 12.7. The molecule has 0 bridgehead atoms. The Hall–Kier alpha value is -1.75. The molecular weight excluding hydrogens is 222 g/mol. The van der Waals surface area contributed by atoms with Crippen LogP contribution < -0.4 is 10.5 Å². The molecule has 0 unspecified atom stereocenters. The summed E-state index contributed by atoms with van der Waals surface area (Å²) in [4.78, 5) is 11.6. The minimum atomic E-state index is -0.420. The minimum Gasteiger partial charge on any atom is -0.492 e. The molecule has 1 aromatic rings. The van der Waals surface area contributed by atoms with Crippen LogP contribution in [0.25, 0.3) is 0 Å². The second kappa shape index (κ2) is 6.75. The molecule has 0 atom stereocenters. The number of hydrogen-bond donors (Lipinski definition) is 1. The Balaban J connectivity index is 2.65. The van der Waals surface area contributed by atoms with E-state index in [0.29, 0.717) is 30.2 Å². The molecular formula is C12H17NO4. The van der Waals surface area contributed by atoms with E-state index in [0.717, 1.165) is 0 Å². The molecule has 1 aromatic carbocycles. The van der Waals surface area contributed by atoms with Gasteiger partial charge in [0.05, 0.1) is 24.5 Å². The number of benzene rings is 1. The number of anilines is 1. The maximum Gasteiger partial charge on any atom is 0.338 e. The smallest absolute Gasteiger partial charge is 0.338 e. The molecule has 0 fully saturated rings. The summed E-state index contributed by atoms with van der Waals surface area (Å²) in [6.07, 6.45) is 0. The zero-order valence-corrected chi connectivity index (χ0v) is 10.1. The molecule has 0 heterocycles. The van der Waals surface area contributed by atoms with E-state index in [1.807, 2.05) is 6.92 Å². The van der Waals surface area contributed by atoms with E-state index in [1.165, 1.54) is 0 Å². The lowest BCUT2D eigenvalue weighted by molar-refractivity contribution is 0.0388. The minimum absolute atomic E-state index is 0.225. The number of methoxy groups -OCH3 is 1. The van der Waals surface area contributed by atoms with E-state index in [9.17, 15) is 4.79 Å². The number of carbonyl (C=O) groups is 1. The highest BCUT2D eigenvalue weighted by Crippen LogP contribution is 2.22. The van der Waals surface area contributed by atoms with Gasteiger partial charge >= 0.3 is 5.97 Å². The van der Waals surface area contributed by atoms with Gasteiger partial charge in [0.2, 0.25) is 0 Å². The van der Waals surface area contributed by atoms with E-state index in [-0.39, 0.29) is 6.61 Å². The van der Waals surface area contributed by atoms with Crippen LogP contribution in [0.5, 0.6) is 5.75 Å². The first-order chi connectivity index (χ1) is 8.19. The fraction of sp³-hybridized carbons (Fsp3) is 0.417. The van der Waals surface area contributed by atoms with Gasteiger partial charge in [0.15, 0.2) is 0 Å². The van der Waals surface area contributed by atoms with Crippen molar-refractivity contribution in [2.45, 2.75) is 6.92 Å². The first kappa shape index (κ1) is 13.3. The Bertz CT molecular complexity index is 379. The first-order valence-corrected chi connectivity index (χ1v) is 5.37. The standard InChI is InChI=1S/C12H17NO4/c1-3-16-11-5-4-9(8-10(11)13)12(14)17-7-6-15-2/h4-5,8H,3,6-7,13H2,1-2H3. The van der Waals surface area contributed by atoms with Gasteiger partial charge in [-0.2, -0.15) is 0 Å². The molecule has 0 amide bonds. The van der Waals surface area contributed by atoms with Crippen LogP contribution in [0.2, 0.25) is 0 Å². The van der Waals surface area contributed by atoms with Crippen LogP contribution in [0.4, 0.5) is 5.69 Å². The Labute approximate surface area is 100 Å². The van der Waals surface area contributed by atoms with E-state index in [1.54, 1.807) is 25.3 Å². The van der Waals surface area contributed by atoms with E-state index in [2.05, 4.69) is 0 Å². The molecule has 0 aliphatic rings. The van der Waals surface area contributed by atoms with Gasteiger partial charge in [0.25, 0.3) is 0 Å². The number of esters is 1. The Morgan fingerprint density at radius 1 is 1.35 bits per heavy atom. The van der Waals surface area contributed by atoms with Gasteiger partial charge in [0.1, 0.15) is 12.4 Å². The number of ether oxygens (including phenoxy) is 3. The van der Waals surface area contributed by atoms with Crippen LogP contribution in [-0.4, -0.2) is 32.9 Å². The molecule has 5 nitrogen and oxygen atoms in total. The lowest BCUT2D eigenvalue weighted by atomic mass is 10.2. The normalized spacial score (nSPS) is 10.0. The summed E-state index contributed by atoms with van der Waals surface area (Å²) in [7, 11) is 1.54. The largest absolute Gasteiger partial charge is 0.492 e. The summed E-state index contributed by atoms with van der Waals surface area (Å²) in [6.45, 7) is 2.99. The molecule has 2 N–H and O–H groups in total. The zero-order valence-electron chi connectivity index (χ0n) is 10.1. The van der Waals surface area contributed by atoms with Crippen LogP contribution in [-0.2, 0) is 9.47 Å². The average molecular weight is 239 g/mol. The van der Waals surface area contributed by atoms with Crippen molar-refractivity contribution in [3.05, 3.63) is 23.8 Å².